The van der Waals surface area contributed by atoms with Gasteiger partial charge in [0.25, 0.3) is 11.6 Å². The van der Waals surface area contributed by atoms with E-state index in [1.807, 2.05) is 0 Å². The molecule has 8 heteroatoms. The van der Waals surface area contributed by atoms with Gasteiger partial charge in [0.05, 0.1) is 23.2 Å². The molecule has 0 aromatic heterocycles. The number of ether oxygens (including phenoxy) is 1. The first-order valence-corrected chi connectivity index (χ1v) is 6.29. The van der Waals surface area contributed by atoms with Crippen molar-refractivity contribution in [2.24, 2.45) is 0 Å². The van der Waals surface area contributed by atoms with Crippen LogP contribution in [-0.4, -0.2) is 61.3 Å². The first kappa shape index (κ1) is 16.9. The lowest BCUT2D eigenvalue weighted by atomic mass is 10.1. The summed E-state index contributed by atoms with van der Waals surface area (Å²) in [6, 6.07) is 4.01. The Morgan fingerprint density at radius 1 is 1.57 bits per heavy atom. The predicted octanol–water partition coefficient (Wildman–Crippen LogP) is 0.716. The third kappa shape index (κ3) is 4.40. The number of methoxy groups -OCH3 is 1. The number of likely N-dealkylation sites (N-methyl/N-ethyl adjacent to an activating group) is 1. The predicted molar refractivity (Wildman–Crippen MR) is 77.5 cm³/mol. The van der Waals surface area contributed by atoms with Crippen molar-refractivity contribution in [2.45, 2.75) is 6.10 Å². The molecule has 0 spiro atoms. The highest BCUT2D eigenvalue weighted by molar-refractivity contribution is 6.00. The van der Waals surface area contributed by atoms with E-state index in [0.717, 1.165) is 0 Å². The highest BCUT2D eigenvalue weighted by atomic mass is 16.6. The molecule has 0 saturated carbocycles. The zero-order valence-electron chi connectivity index (χ0n) is 12.2. The van der Waals surface area contributed by atoms with Crippen molar-refractivity contribution in [2.75, 3.05) is 39.7 Å². The van der Waals surface area contributed by atoms with Crippen LogP contribution in [-0.2, 0) is 4.74 Å². The van der Waals surface area contributed by atoms with E-state index in [0.29, 0.717) is 5.69 Å². The lowest BCUT2D eigenvalue weighted by Gasteiger charge is -2.21. The van der Waals surface area contributed by atoms with Crippen LogP contribution in [0.4, 0.5) is 11.4 Å². The summed E-state index contributed by atoms with van der Waals surface area (Å²) in [5.41, 5.74) is 0.501. The van der Waals surface area contributed by atoms with E-state index in [2.05, 4.69) is 5.32 Å². The Bertz CT molecular complexity index is 521. The number of rotatable bonds is 7. The van der Waals surface area contributed by atoms with Gasteiger partial charge in [-0.3, -0.25) is 14.9 Å². The molecule has 2 N–H and O–H groups in total. The second-order valence-electron chi connectivity index (χ2n) is 4.53. The SMILES string of the molecule is CNc1ccc([N+](=O)[O-])cc1C(=O)N(C)CC(O)COC. The van der Waals surface area contributed by atoms with Crippen LogP contribution in [0.25, 0.3) is 0 Å². The van der Waals surface area contributed by atoms with Gasteiger partial charge in [0.2, 0.25) is 0 Å². The third-order valence-corrected chi connectivity index (χ3v) is 2.90. The fraction of sp³-hybridized carbons (Fsp3) is 0.462. The molecule has 1 unspecified atom stereocenters. The van der Waals surface area contributed by atoms with E-state index in [9.17, 15) is 20.0 Å². The smallest absolute Gasteiger partial charge is 0.270 e. The lowest BCUT2D eigenvalue weighted by Crippen LogP contribution is -2.36. The Hall–Kier alpha value is -2.19. The number of hydrogen-bond acceptors (Lipinski definition) is 6. The van der Waals surface area contributed by atoms with Crippen molar-refractivity contribution >= 4 is 17.3 Å². The average Bonchev–Trinajstić information content (AvgIpc) is 2.45. The molecule has 0 aliphatic rings. The van der Waals surface area contributed by atoms with Gasteiger partial charge in [-0.1, -0.05) is 0 Å². The lowest BCUT2D eigenvalue weighted by molar-refractivity contribution is -0.384. The summed E-state index contributed by atoms with van der Waals surface area (Å²) in [6.45, 7) is 0.171. The van der Waals surface area contributed by atoms with Crippen LogP contribution in [0.2, 0.25) is 0 Å². The number of aliphatic hydroxyl groups excluding tert-OH is 1. The third-order valence-electron chi connectivity index (χ3n) is 2.90. The quantitative estimate of drug-likeness (QED) is 0.567. The summed E-state index contributed by atoms with van der Waals surface area (Å²) in [4.78, 5) is 23.9. The Labute approximate surface area is 122 Å². The number of benzene rings is 1. The molecule has 0 fully saturated rings. The molecule has 0 saturated heterocycles. The maximum atomic E-state index is 12.4. The average molecular weight is 297 g/mol. The maximum absolute atomic E-state index is 12.4. The van der Waals surface area contributed by atoms with Crippen molar-refractivity contribution in [3.63, 3.8) is 0 Å². The summed E-state index contributed by atoms with van der Waals surface area (Å²) in [5, 5.41) is 23.3. The molecule has 0 aliphatic carbocycles. The monoisotopic (exact) mass is 297 g/mol. The Kier molecular flexibility index (Phi) is 6.07. The van der Waals surface area contributed by atoms with Gasteiger partial charge < -0.3 is 20.1 Å². The van der Waals surface area contributed by atoms with Gasteiger partial charge in [0.15, 0.2) is 0 Å². The van der Waals surface area contributed by atoms with Crippen LogP contribution in [0.5, 0.6) is 0 Å². The molecular weight excluding hydrogens is 278 g/mol. The minimum absolute atomic E-state index is 0.0680. The molecule has 0 radical (unpaired) electrons. The number of nitrogens with zero attached hydrogens (tertiary/aromatic N) is 2. The maximum Gasteiger partial charge on any atom is 0.270 e. The summed E-state index contributed by atoms with van der Waals surface area (Å²) < 4.78 is 4.80. The molecular formula is C13H19N3O5. The van der Waals surface area contributed by atoms with Crippen LogP contribution in [0.1, 0.15) is 10.4 Å². The van der Waals surface area contributed by atoms with Crippen LogP contribution < -0.4 is 5.32 Å². The van der Waals surface area contributed by atoms with Crippen molar-refractivity contribution in [3.05, 3.63) is 33.9 Å². The van der Waals surface area contributed by atoms with Crippen LogP contribution >= 0.6 is 0 Å². The zero-order chi connectivity index (χ0) is 16.0. The number of carbonyl (C=O) groups is 1. The summed E-state index contributed by atoms with van der Waals surface area (Å²) >= 11 is 0. The van der Waals surface area contributed by atoms with Gasteiger partial charge in [-0.2, -0.15) is 0 Å². The highest BCUT2D eigenvalue weighted by Gasteiger charge is 2.21. The van der Waals surface area contributed by atoms with Crippen LogP contribution in [0.3, 0.4) is 0 Å². The number of non-ortho nitro benzene ring substituents is 1. The molecule has 0 aliphatic heterocycles. The van der Waals surface area contributed by atoms with E-state index < -0.39 is 16.9 Å². The molecule has 21 heavy (non-hydrogen) atoms. The first-order chi connectivity index (χ1) is 9.90. The van der Waals surface area contributed by atoms with Gasteiger partial charge >= 0.3 is 0 Å². The number of nitro groups is 1. The Balaban J connectivity index is 2.99. The molecule has 0 bridgehead atoms. The number of carbonyl (C=O) groups excluding carboxylic acids is 1. The normalized spacial score (nSPS) is 11.8. The van der Waals surface area contributed by atoms with Crippen molar-refractivity contribution in [3.8, 4) is 0 Å². The van der Waals surface area contributed by atoms with Crippen LogP contribution in [0, 0.1) is 10.1 Å². The number of aliphatic hydroxyl groups is 1. The largest absolute Gasteiger partial charge is 0.389 e. The van der Waals surface area contributed by atoms with Gasteiger partial charge in [-0.25, -0.2) is 0 Å². The van der Waals surface area contributed by atoms with Gasteiger partial charge in [-0.15, -0.1) is 0 Å². The van der Waals surface area contributed by atoms with Crippen molar-refractivity contribution < 1.29 is 19.6 Å². The molecule has 1 rings (SSSR count). The Morgan fingerprint density at radius 2 is 2.24 bits per heavy atom. The standard InChI is InChI=1S/C13H19N3O5/c1-14-12-5-4-9(16(19)20)6-11(12)13(18)15(2)7-10(17)8-21-3/h4-6,10,14,17H,7-8H2,1-3H3. The molecule has 1 aromatic rings. The number of anilines is 1. The molecule has 8 nitrogen and oxygen atoms in total. The molecule has 1 atom stereocenters. The Morgan fingerprint density at radius 3 is 2.76 bits per heavy atom. The van der Waals surface area contributed by atoms with Crippen LogP contribution in [0.15, 0.2) is 18.2 Å². The summed E-state index contributed by atoms with van der Waals surface area (Å²) in [6.07, 6.45) is -0.819. The molecule has 1 aromatic carbocycles. The highest BCUT2D eigenvalue weighted by Crippen LogP contribution is 2.23. The number of hydrogen-bond donors (Lipinski definition) is 2. The molecule has 116 valence electrons. The second-order valence-corrected chi connectivity index (χ2v) is 4.53. The fourth-order valence-corrected chi connectivity index (χ4v) is 1.89. The second kappa shape index (κ2) is 7.55. The number of nitrogens with one attached hydrogen (secondary N) is 1. The van der Waals surface area contributed by atoms with E-state index in [1.54, 1.807) is 7.05 Å². The summed E-state index contributed by atoms with van der Waals surface area (Å²) in [7, 11) is 4.59. The fourth-order valence-electron chi connectivity index (χ4n) is 1.89. The minimum Gasteiger partial charge on any atom is -0.389 e. The van der Waals surface area contributed by atoms with Gasteiger partial charge in [0, 0.05) is 45.6 Å². The van der Waals surface area contributed by atoms with E-state index in [-0.39, 0.29) is 24.4 Å². The van der Waals surface area contributed by atoms with E-state index >= 15 is 0 Å². The summed E-state index contributed by atoms with van der Waals surface area (Å²) in [5.74, 6) is -0.418. The zero-order valence-corrected chi connectivity index (χ0v) is 12.2. The van der Waals surface area contributed by atoms with Crippen molar-refractivity contribution in [1.82, 2.24) is 4.90 Å². The minimum atomic E-state index is -0.819. The van der Waals surface area contributed by atoms with Gasteiger partial charge in [-0.05, 0) is 6.07 Å². The topological polar surface area (TPSA) is 105 Å². The van der Waals surface area contributed by atoms with Crippen molar-refractivity contribution in [1.29, 1.82) is 0 Å². The van der Waals surface area contributed by atoms with Gasteiger partial charge in [0.1, 0.15) is 0 Å². The van der Waals surface area contributed by atoms with E-state index in [1.165, 1.54) is 37.3 Å². The number of amides is 1. The first-order valence-electron chi connectivity index (χ1n) is 6.29. The molecule has 0 heterocycles. The number of nitro benzene ring substituents is 1. The molecule has 1 amide bonds. The van der Waals surface area contributed by atoms with E-state index in [4.69, 9.17) is 4.74 Å².